The van der Waals surface area contributed by atoms with Gasteiger partial charge in [0.2, 0.25) is 0 Å². The number of nitrogens with one attached hydrogen (secondary N) is 2. The minimum Gasteiger partial charge on any atom is -0.497 e. The Morgan fingerprint density at radius 1 is 1.07 bits per heavy atom. The summed E-state index contributed by atoms with van der Waals surface area (Å²) in [5.41, 5.74) is 0.0683. The number of hydrogen-bond acceptors (Lipinski definition) is 6. The van der Waals surface area contributed by atoms with Crippen molar-refractivity contribution in [2.24, 2.45) is 0 Å². The normalized spacial score (nSPS) is 14.6. The second-order valence-corrected chi connectivity index (χ2v) is 8.34. The Morgan fingerprint density at radius 2 is 1.72 bits per heavy atom. The highest BCUT2D eigenvalue weighted by molar-refractivity contribution is 7.92. The van der Waals surface area contributed by atoms with E-state index in [0.29, 0.717) is 5.75 Å². The van der Waals surface area contributed by atoms with Crippen molar-refractivity contribution in [1.29, 1.82) is 0 Å². The summed E-state index contributed by atoms with van der Waals surface area (Å²) in [6, 6.07) is 12.0. The molecule has 0 radical (unpaired) electrons. The van der Waals surface area contributed by atoms with Crippen molar-refractivity contribution in [2.75, 3.05) is 11.8 Å². The van der Waals surface area contributed by atoms with Crippen molar-refractivity contribution in [2.45, 2.75) is 36.8 Å². The molecule has 154 valence electrons. The van der Waals surface area contributed by atoms with Crippen molar-refractivity contribution < 1.29 is 27.5 Å². The molecule has 1 saturated carbocycles. The predicted molar refractivity (Wildman–Crippen MR) is 106 cm³/mol. The second kappa shape index (κ2) is 8.52. The summed E-state index contributed by atoms with van der Waals surface area (Å²) < 4.78 is 38.0. The first kappa shape index (κ1) is 20.7. The lowest BCUT2D eigenvalue weighted by atomic mass is 10.2. The number of anilines is 1. The van der Waals surface area contributed by atoms with Crippen molar-refractivity contribution in [3.8, 4) is 5.75 Å². The van der Waals surface area contributed by atoms with Gasteiger partial charge >= 0.3 is 5.97 Å². The molecular weight excluding hydrogens is 396 g/mol. The van der Waals surface area contributed by atoms with Crippen LogP contribution in [-0.4, -0.2) is 39.5 Å². The molecule has 29 heavy (non-hydrogen) atoms. The van der Waals surface area contributed by atoms with Crippen LogP contribution in [0.4, 0.5) is 5.69 Å². The standard InChI is InChI=1S/C20H22N2O6S/c1-13(19(23)21-14-7-8-14)28-20(24)17-5-3-4-6-18(17)22-29(25,26)16-11-9-15(27-2)10-12-16/h3-6,9-14,22H,7-8H2,1-2H3,(H,21,23)/t13-/m1/s1. The molecule has 1 fully saturated rings. The van der Waals surface area contributed by atoms with Crippen LogP contribution in [0.3, 0.4) is 0 Å². The Bertz CT molecular complexity index is 1000. The molecule has 8 nitrogen and oxygen atoms in total. The van der Waals surface area contributed by atoms with Crippen LogP contribution in [0.1, 0.15) is 30.1 Å². The molecule has 1 aliphatic carbocycles. The average molecular weight is 418 g/mol. The molecule has 2 aromatic rings. The molecule has 0 saturated heterocycles. The van der Waals surface area contributed by atoms with Crippen LogP contribution < -0.4 is 14.8 Å². The largest absolute Gasteiger partial charge is 0.497 e. The van der Waals surface area contributed by atoms with E-state index in [4.69, 9.17) is 9.47 Å². The zero-order valence-electron chi connectivity index (χ0n) is 16.0. The number of carbonyl (C=O) groups excluding carboxylic acids is 2. The molecule has 3 rings (SSSR count). The van der Waals surface area contributed by atoms with Gasteiger partial charge in [-0.1, -0.05) is 12.1 Å². The molecular formula is C20H22N2O6S. The Labute approximate surface area is 169 Å². The molecule has 2 aromatic carbocycles. The monoisotopic (exact) mass is 418 g/mol. The summed E-state index contributed by atoms with van der Waals surface area (Å²) in [6.45, 7) is 1.47. The number of sulfonamides is 1. The predicted octanol–water partition coefficient (Wildman–Crippen LogP) is 2.32. The van der Waals surface area contributed by atoms with E-state index in [2.05, 4.69) is 10.0 Å². The lowest BCUT2D eigenvalue weighted by Gasteiger charge is -2.16. The summed E-state index contributed by atoms with van der Waals surface area (Å²) >= 11 is 0. The fourth-order valence-electron chi connectivity index (χ4n) is 2.53. The van der Waals surface area contributed by atoms with Gasteiger partial charge in [-0.05, 0) is 56.2 Å². The van der Waals surface area contributed by atoms with E-state index in [1.165, 1.54) is 50.4 Å². The number of methoxy groups -OCH3 is 1. The van der Waals surface area contributed by atoms with Crippen LogP contribution in [0.15, 0.2) is 53.4 Å². The maximum absolute atomic E-state index is 12.7. The molecule has 1 amide bonds. The maximum atomic E-state index is 12.7. The molecule has 0 heterocycles. The van der Waals surface area contributed by atoms with Gasteiger partial charge in [-0.15, -0.1) is 0 Å². The third-order valence-corrected chi connectivity index (χ3v) is 5.72. The van der Waals surface area contributed by atoms with E-state index in [1.54, 1.807) is 12.1 Å². The third kappa shape index (κ3) is 5.26. The third-order valence-electron chi connectivity index (χ3n) is 4.34. The van der Waals surface area contributed by atoms with Crippen molar-refractivity contribution >= 4 is 27.6 Å². The van der Waals surface area contributed by atoms with Gasteiger partial charge < -0.3 is 14.8 Å². The van der Waals surface area contributed by atoms with Gasteiger partial charge in [0.15, 0.2) is 6.10 Å². The highest BCUT2D eigenvalue weighted by Gasteiger charge is 2.28. The number of carbonyl (C=O) groups is 2. The summed E-state index contributed by atoms with van der Waals surface area (Å²) in [6.07, 6.45) is 0.847. The fraction of sp³-hybridized carbons (Fsp3) is 0.300. The second-order valence-electron chi connectivity index (χ2n) is 6.66. The van der Waals surface area contributed by atoms with E-state index >= 15 is 0 Å². The van der Waals surface area contributed by atoms with Crippen LogP contribution in [0.2, 0.25) is 0 Å². The SMILES string of the molecule is COc1ccc(S(=O)(=O)Nc2ccccc2C(=O)O[C@H](C)C(=O)NC2CC2)cc1. The van der Waals surface area contributed by atoms with Gasteiger partial charge in [-0.25, -0.2) is 13.2 Å². The van der Waals surface area contributed by atoms with E-state index in [0.717, 1.165) is 12.8 Å². The number of ether oxygens (including phenoxy) is 2. The first-order chi connectivity index (χ1) is 13.8. The molecule has 1 aliphatic rings. The summed E-state index contributed by atoms with van der Waals surface area (Å²) in [7, 11) is -2.46. The lowest BCUT2D eigenvalue weighted by molar-refractivity contribution is -0.129. The van der Waals surface area contributed by atoms with Crippen LogP contribution in [0, 0.1) is 0 Å². The minimum absolute atomic E-state index is 0.00987. The summed E-state index contributed by atoms with van der Waals surface area (Å²) in [4.78, 5) is 24.5. The number of benzene rings is 2. The van der Waals surface area contributed by atoms with Gasteiger partial charge in [0, 0.05) is 6.04 Å². The van der Waals surface area contributed by atoms with Gasteiger partial charge in [-0.3, -0.25) is 9.52 Å². The first-order valence-corrected chi connectivity index (χ1v) is 10.6. The number of hydrogen-bond donors (Lipinski definition) is 2. The van der Waals surface area contributed by atoms with Crippen LogP contribution in [0.5, 0.6) is 5.75 Å². The first-order valence-electron chi connectivity index (χ1n) is 9.07. The Hall–Kier alpha value is -3.07. The Balaban J connectivity index is 1.75. The number of rotatable bonds is 8. The summed E-state index contributed by atoms with van der Waals surface area (Å²) in [5, 5.41) is 2.76. The van der Waals surface area contributed by atoms with Gasteiger partial charge in [-0.2, -0.15) is 0 Å². The minimum atomic E-state index is -3.94. The molecule has 0 spiro atoms. The van der Waals surface area contributed by atoms with Gasteiger partial charge in [0.05, 0.1) is 23.3 Å². The Morgan fingerprint density at radius 3 is 2.34 bits per heavy atom. The molecule has 0 aromatic heterocycles. The van der Waals surface area contributed by atoms with Crippen LogP contribution >= 0.6 is 0 Å². The van der Waals surface area contributed by atoms with E-state index < -0.39 is 22.1 Å². The van der Waals surface area contributed by atoms with Crippen molar-refractivity contribution in [3.05, 3.63) is 54.1 Å². The number of esters is 1. The van der Waals surface area contributed by atoms with Gasteiger partial charge in [0.25, 0.3) is 15.9 Å². The molecule has 0 unspecified atom stereocenters. The average Bonchev–Trinajstić information content (AvgIpc) is 3.52. The lowest BCUT2D eigenvalue weighted by Crippen LogP contribution is -2.37. The topological polar surface area (TPSA) is 111 Å². The van der Waals surface area contributed by atoms with E-state index in [1.807, 2.05) is 0 Å². The molecule has 9 heteroatoms. The highest BCUT2D eigenvalue weighted by atomic mass is 32.2. The number of amides is 1. The van der Waals surface area contributed by atoms with E-state index in [9.17, 15) is 18.0 Å². The summed E-state index contributed by atoms with van der Waals surface area (Å²) in [5.74, 6) is -0.653. The maximum Gasteiger partial charge on any atom is 0.341 e. The zero-order chi connectivity index (χ0) is 21.0. The Kier molecular flexibility index (Phi) is 6.07. The van der Waals surface area contributed by atoms with Crippen LogP contribution in [0.25, 0.3) is 0 Å². The van der Waals surface area contributed by atoms with Crippen molar-refractivity contribution in [1.82, 2.24) is 5.32 Å². The van der Waals surface area contributed by atoms with Crippen molar-refractivity contribution in [3.63, 3.8) is 0 Å². The quantitative estimate of drug-likeness (QED) is 0.637. The molecule has 0 aliphatic heterocycles. The molecule has 0 bridgehead atoms. The van der Waals surface area contributed by atoms with E-state index in [-0.39, 0.29) is 28.1 Å². The smallest absolute Gasteiger partial charge is 0.341 e. The molecule has 2 N–H and O–H groups in total. The number of para-hydroxylation sites is 1. The zero-order valence-corrected chi connectivity index (χ0v) is 16.9. The highest BCUT2D eigenvalue weighted by Crippen LogP contribution is 2.23. The van der Waals surface area contributed by atoms with Crippen LogP contribution in [-0.2, 0) is 19.6 Å². The van der Waals surface area contributed by atoms with Gasteiger partial charge in [0.1, 0.15) is 5.75 Å². The fourth-order valence-corrected chi connectivity index (χ4v) is 3.61. The molecule has 1 atom stereocenters.